The van der Waals surface area contributed by atoms with Crippen molar-refractivity contribution in [3.05, 3.63) is 63.9 Å². The number of amides is 1. The van der Waals surface area contributed by atoms with Crippen LogP contribution < -0.4 is 21.5 Å². The molecule has 2 aromatic carbocycles. The number of nitrogens with zero attached hydrogens (tertiary/aromatic N) is 2. The fraction of sp³-hybridized carbons (Fsp3) is 0.250. The van der Waals surface area contributed by atoms with Crippen molar-refractivity contribution >= 4 is 34.7 Å². The van der Waals surface area contributed by atoms with Crippen LogP contribution in [0, 0.1) is 12.3 Å². The molecule has 0 bridgehead atoms. The van der Waals surface area contributed by atoms with Crippen molar-refractivity contribution in [3.63, 3.8) is 0 Å². The van der Waals surface area contributed by atoms with Crippen LogP contribution in [0.1, 0.15) is 35.7 Å². The van der Waals surface area contributed by atoms with E-state index in [0.29, 0.717) is 42.4 Å². The topological polar surface area (TPSA) is 121 Å². The SMILES string of the molecule is C#CCN(Cc1ccc2nc(N)[nH]c(=O)c2c1)c1ccc(C(=O)N[C@H](C)CCC=O)cc1. The molecule has 8 nitrogen and oxygen atoms in total. The Morgan fingerprint density at radius 3 is 2.75 bits per heavy atom. The molecule has 1 heterocycles. The van der Waals surface area contributed by atoms with Gasteiger partial charge < -0.3 is 20.7 Å². The van der Waals surface area contributed by atoms with Crippen molar-refractivity contribution in [3.8, 4) is 12.3 Å². The van der Waals surface area contributed by atoms with Crippen LogP contribution in [0.2, 0.25) is 0 Å². The van der Waals surface area contributed by atoms with Gasteiger partial charge in [-0.25, -0.2) is 4.98 Å². The van der Waals surface area contributed by atoms with Gasteiger partial charge in [-0.15, -0.1) is 6.42 Å². The second-order valence-corrected chi connectivity index (χ2v) is 7.53. The molecule has 0 radical (unpaired) electrons. The van der Waals surface area contributed by atoms with Crippen molar-refractivity contribution in [2.45, 2.75) is 32.4 Å². The number of aldehydes is 1. The van der Waals surface area contributed by atoms with Crippen LogP contribution in [0.5, 0.6) is 0 Å². The number of nitrogens with one attached hydrogen (secondary N) is 2. The lowest BCUT2D eigenvalue weighted by atomic mass is 10.1. The fourth-order valence-corrected chi connectivity index (χ4v) is 3.39. The summed E-state index contributed by atoms with van der Waals surface area (Å²) >= 11 is 0. The second kappa shape index (κ2) is 10.3. The number of benzene rings is 2. The highest BCUT2D eigenvalue weighted by molar-refractivity contribution is 5.94. The third-order valence-electron chi connectivity index (χ3n) is 5.03. The first-order chi connectivity index (χ1) is 15.4. The van der Waals surface area contributed by atoms with E-state index in [1.54, 1.807) is 24.3 Å². The van der Waals surface area contributed by atoms with Crippen LogP contribution in [0.3, 0.4) is 0 Å². The molecule has 0 spiro atoms. The number of aromatic nitrogens is 2. The molecule has 32 heavy (non-hydrogen) atoms. The van der Waals surface area contributed by atoms with Crippen molar-refractivity contribution < 1.29 is 9.59 Å². The Morgan fingerprint density at radius 1 is 1.31 bits per heavy atom. The van der Waals surface area contributed by atoms with Crippen LogP contribution in [0.15, 0.2) is 47.3 Å². The first-order valence-corrected chi connectivity index (χ1v) is 10.2. The summed E-state index contributed by atoms with van der Waals surface area (Å²) in [4.78, 5) is 43.7. The number of rotatable bonds is 9. The van der Waals surface area contributed by atoms with Gasteiger partial charge in [0.15, 0.2) is 0 Å². The third kappa shape index (κ3) is 5.52. The van der Waals surface area contributed by atoms with Crippen LogP contribution in [-0.4, -0.2) is 34.7 Å². The van der Waals surface area contributed by atoms with E-state index in [-0.39, 0.29) is 23.5 Å². The molecule has 0 aliphatic carbocycles. The summed E-state index contributed by atoms with van der Waals surface area (Å²) in [5.41, 5.74) is 8.08. The van der Waals surface area contributed by atoms with Crippen LogP contribution >= 0.6 is 0 Å². The molecule has 0 aliphatic rings. The molecule has 0 aliphatic heterocycles. The minimum Gasteiger partial charge on any atom is -0.369 e. The minimum absolute atomic E-state index is 0.0754. The highest BCUT2D eigenvalue weighted by atomic mass is 16.1. The van der Waals surface area contributed by atoms with Gasteiger partial charge in [-0.2, -0.15) is 0 Å². The lowest BCUT2D eigenvalue weighted by molar-refractivity contribution is -0.108. The van der Waals surface area contributed by atoms with E-state index < -0.39 is 0 Å². The smallest absolute Gasteiger partial charge is 0.260 e. The summed E-state index contributed by atoms with van der Waals surface area (Å²) in [7, 11) is 0. The number of terminal acetylenes is 1. The number of aromatic amines is 1. The summed E-state index contributed by atoms with van der Waals surface area (Å²) in [6.45, 7) is 2.68. The van der Waals surface area contributed by atoms with Crippen molar-refractivity contribution in [1.82, 2.24) is 15.3 Å². The minimum atomic E-state index is -0.296. The Bertz CT molecular complexity index is 1210. The molecule has 0 saturated heterocycles. The Hall–Kier alpha value is -4.12. The number of nitrogens with two attached hydrogens (primary N) is 1. The quantitative estimate of drug-likeness (QED) is 0.353. The van der Waals surface area contributed by atoms with Gasteiger partial charge in [0.2, 0.25) is 5.95 Å². The lowest BCUT2D eigenvalue weighted by Crippen LogP contribution is -2.32. The molecule has 3 rings (SSSR count). The number of anilines is 2. The van der Waals surface area contributed by atoms with E-state index >= 15 is 0 Å². The van der Waals surface area contributed by atoms with Gasteiger partial charge in [0.05, 0.1) is 17.4 Å². The molecular formula is C24H25N5O3. The highest BCUT2D eigenvalue weighted by Crippen LogP contribution is 2.20. The van der Waals surface area contributed by atoms with Gasteiger partial charge in [0.1, 0.15) is 6.29 Å². The Morgan fingerprint density at radius 2 is 2.06 bits per heavy atom. The third-order valence-corrected chi connectivity index (χ3v) is 5.03. The average Bonchev–Trinajstić information content (AvgIpc) is 2.78. The predicted molar refractivity (Wildman–Crippen MR) is 125 cm³/mol. The van der Waals surface area contributed by atoms with Crippen molar-refractivity contribution in [2.75, 3.05) is 17.2 Å². The summed E-state index contributed by atoms with van der Waals surface area (Å²) < 4.78 is 0. The van der Waals surface area contributed by atoms with Gasteiger partial charge >= 0.3 is 0 Å². The molecule has 3 aromatic rings. The first-order valence-electron chi connectivity index (χ1n) is 10.2. The maximum absolute atomic E-state index is 12.4. The number of H-pyrrole nitrogens is 1. The van der Waals surface area contributed by atoms with E-state index in [1.807, 2.05) is 30.0 Å². The Balaban J connectivity index is 1.76. The number of fused-ring (bicyclic) bond motifs is 1. The van der Waals surface area contributed by atoms with E-state index in [4.69, 9.17) is 12.2 Å². The largest absolute Gasteiger partial charge is 0.369 e. The van der Waals surface area contributed by atoms with Crippen LogP contribution in [-0.2, 0) is 11.3 Å². The van der Waals surface area contributed by atoms with Gasteiger partial charge in [0, 0.05) is 30.3 Å². The van der Waals surface area contributed by atoms with E-state index in [0.717, 1.165) is 17.5 Å². The molecule has 1 atom stereocenters. The number of nitrogen functional groups attached to an aromatic ring is 1. The van der Waals surface area contributed by atoms with Gasteiger partial charge in [0.25, 0.3) is 11.5 Å². The molecule has 164 valence electrons. The monoisotopic (exact) mass is 431 g/mol. The molecule has 1 amide bonds. The summed E-state index contributed by atoms with van der Waals surface area (Å²) in [6.07, 6.45) is 7.41. The van der Waals surface area contributed by atoms with Crippen LogP contribution in [0.4, 0.5) is 11.6 Å². The normalized spacial score (nSPS) is 11.5. The molecule has 0 unspecified atom stereocenters. The van der Waals surface area contributed by atoms with Crippen molar-refractivity contribution in [2.24, 2.45) is 0 Å². The zero-order chi connectivity index (χ0) is 23.1. The molecule has 0 fully saturated rings. The molecule has 0 saturated carbocycles. The number of carbonyl (C=O) groups is 2. The Labute approximate surface area is 185 Å². The van der Waals surface area contributed by atoms with Crippen molar-refractivity contribution in [1.29, 1.82) is 0 Å². The second-order valence-electron chi connectivity index (χ2n) is 7.53. The molecule has 1 aromatic heterocycles. The van der Waals surface area contributed by atoms with Crippen LogP contribution in [0.25, 0.3) is 10.9 Å². The van der Waals surface area contributed by atoms with E-state index in [1.165, 1.54) is 0 Å². The van der Waals surface area contributed by atoms with Gasteiger partial charge in [-0.3, -0.25) is 14.6 Å². The first kappa shape index (κ1) is 22.6. The maximum Gasteiger partial charge on any atom is 0.260 e. The van der Waals surface area contributed by atoms with Gasteiger partial charge in [-0.05, 0) is 55.3 Å². The molecular weight excluding hydrogens is 406 g/mol. The van der Waals surface area contributed by atoms with E-state index in [2.05, 4.69) is 21.2 Å². The fourth-order valence-electron chi connectivity index (χ4n) is 3.39. The molecule has 4 N–H and O–H groups in total. The van der Waals surface area contributed by atoms with Gasteiger partial charge in [-0.1, -0.05) is 12.0 Å². The standard InChI is InChI=1S/C24H25N5O3/c1-3-12-29(15-17-6-11-21-20(14-17)23(32)28-24(25)27-21)19-9-7-18(8-10-19)22(31)26-16(2)5-4-13-30/h1,6-11,13-14,16H,4-5,12,15H2,2H3,(H,26,31)(H3,25,27,28,32)/t16-/m1/s1. The lowest BCUT2D eigenvalue weighted by Gasteiger charge is -2.23. The summed E-state index contributed by atoms with van der Waals surface area (Å²) in [5.74, 6) is 2.53. The maximum atomic E-state index is 12.4. The summed E-state index contributed by atoms with van der Waals surface area (Å²) in [6, 6.07) is 12.4. The number of hydrogen-bond acceptors (Lipinski definition) is 6. The zero-order valence-electron chi connectivity index (χ0n) is 17.8. The number of carbonyl (C=O) groups excluding carboxylic acids is 2. The predicted octanol–water partition coefficient (Wildman–Crippen LogP) is 2.24. The molecule has 8 heteroatoms. The number of hydrogen-bond donors (Lipinski definition) is 3. The highest BCUT2D eigenvalue weighted by Gasteiger charge is 2.12. The zero-order valence-corrected chi connectivity index (χ0v) is 17.8. The average molecular weight is 431 g/mol. The Kier molecular flexibility index (Phi) is 7.24. The summed E-state index contributed by atoms with van der Waals surface area (Å²) in [5, 5.41) is 3.33. The van der Waals surface area contributed by atoms with E-state index in [9.17, 15) is 14.4 Å².